The molecule has 0 saturated heterocycles. The zero-order chi connectivity index (χ0) is 19.7. The van der Waals surface area contributed by atoms with Crippen molar-refractivity contribution in [1.29, 1.82) is 0 Å². The molecular formula is C24H32O4. The van der Waals surface area contributed by atoms with Gasteiger partial charge in [0.15, 0.2) is 0 Å². The third-order valence-electron chi connectivity index (χ3n) is 9.40. The van der Waals surface area contributed by atoms with Crippen LogP contribution < -0.4 is 5.63 Å². The Morgan fingerprint density at radius 2 is 1.86 bits per heavy atom. The first kappa shape index (κ1) is 18.6. The predicted octanol–water partition coefficient (Wildman–Crippen LogP) is 4.16. The van der Waals surface area contributed by atoms with E-state index >= 15 is 0 Å². The average molecular weight is 385 g/mol. The van der Waals surface area contributed by atoms with E-state index in [1.54, 1.807) is 6.26 Å². The molecule has 1 aromatic heterocycles. The number of aliphatic hydroxyl groups excluding tert-OH is 1. The van der Waals surface area contributed by atoms with Crippen LogP contribution in [0, 0.1) is 22.7 Å². The number of hydrogen-bond donors (Lipinski definition) is 2. The van der Waals surface area contributed by atoms with Crippen molar-refractivity contribution in [2.75, 3.05) is 0 Å². The topological polar surface area (TPSA) is 70.7 Å². The zero-order valence-corrected chi connectivity index (χ0v) is 17.0. The Labute approximate surface area is 166 Å². The second-order valence-corrected chi connectivity index (χ2v) is 10.3. The minimum atomic E-state index is -0.665. The highest BCUT2D eigenvalue weighted by molar-refractivity contribution is 5.31. The molecule has 0 amide bonds. The van der Waals surface area contributed by atoms with E-state index in [1.165, 1.54) is 11.6 Å². The van der Waals surface area contributed by atoms with Crippen LogP contribution in [0.25, 0.3) is 0 Å². The molecule has 0 aromatic carbocycles. The van der Waals surface area contributed by atoms with E-state index in [4.69, 9.17) is 4.42 Å². The first-order chi connectivity index (χ1) is 13.3. The minimum Gasteiger partial charge on any atom is -0.431 e. The largest absolute Gasteiger partial charge is 0.431 e. The second kappa shape index (κ2) is 6.06. The molecule has 4 nitrogen and oxygen atoms in total. The van der Waals surface area contributed by atoms with Gasteiger partial charge >= 0.3 is 5.63 Å². The summed E-state index contributed by atoms with van der Waals surface area (Å²) < 4.78 is 5.16. The summed E-state index contributed by atoms with van der Waals surface area (Å²) in [6, 6.07) is 3.40. The second-order valence-electron chi connectivity index (χ2n) is 10.3. The molecule has 152 valence electrons. The van der Waals surface area contributed by atoms with Gasteiger partial charge in [-0.15, -0.1) is 0 Å². The quantitative estimate of drug-likeness (QED) is 0.713. The summed E-state index contributed by atoms with van der Waals surface area (Å²) in [6.07, 6.45) is 11.2. The lowest BCUT2D eigenvalue weighted by molar-refractivity contribution is -0.178. The third kappa shape index (κ3) is 2.34. The average Bonchev–Trinajstić information content (AvgIpc) is 2.95. The fraction of sp³-hybridized carbons (Fsp3) is 0.708. The molecule has 4 heteroatoms. The van der Waals surface area contributed by atoms with Gasteiger partial charge in [0.2, 0.25) is 0 Å². The maximum Gasteiger partial charge on any atom is 0.335 e. The molecule has 2 N–H and O–H groups in total. The van der Waals surface area contributed by atoms with Crippen molar-refractivity contribution in [3.8, 4) is 0 Å². The van der Waals surface area contributed by atoms with E-state index in [2.05, 4.69) is 19.9 Å². The number of allylic oxidation sites excluding steroid dienone is 1. The maximum atomic E-state index is 12.1. The highest BCUT2D eigenvalue weighted by Crippen LogP contribution is 2.70. The predicted molar refractivity (Wildman–Crippen MR) is 107 cm³/mol. The van der Waals surface area contributed by atoms with Gasteiger partial charge in [-0.05, 0) is 86.2 Å². The summed E-state index contributed by atoms with van der Waals surface area (Å²) in [6.45, 7) is 4.65. The summed E-state index contributed by atoms with van der Waals surface area (Å²) in [7, 11) is 0. The van der Waals surface area contributed by atoms with E-state index in [9.17, 15) is 15.0 Å². The smallest absolute Gasteiger partial charge is 0.335 e. The number of fused-ring (bicyclic) bond motifs is 5. The molecular weight excluding hydrogens is 352 g/mol. The minimum absolute atomic E-state index is 0.122. The molecule has 5 rings (SSSR count). The monoisotopic (exact) mass is 384 g/mol. The Balaban J connectivity index is 1.51. The van der Waals surface area contributed by atoms with E-state index in [0.29, 0.717) is 11.8 Å². The van der Waals surface area contributed by atoms with E-state index in [1.807, 2.05) is 6.07 Å². The lowest BCUT2D eigenvalue weighted by atomic mass is 9.45. The highest BCUT2D eigenvalue weighted by atomic mass is 16.4. The van der Waals surface area contributed by atoms with Crippen molar-refractivity contribution in [3.63, 3.8) is 0 Å². The summed E-state index contributed by atoms with van der Waals surface area (Å²) in [5, 5.41) is 22.3. The number of rotatable bonds is 1. The Morgan fingerprint density at radius 1 is 1.04 bits per heavy atom. The van der Waals surface area contributed by atoms with Gasteiger partial charge in [-0.25, -0.2) is 4.79 Å². The van der Waals surface area contributed by atoms with Crippen molar-refractivity contribution in [2.45, 2.75) is 82.8 Å². The summed E-state index contributed by atoms with van der Waals surface area (Å²) in [5.74, 6) is 1.04. The van der Waals surface area contributed by atoms with Crippen LogP contribution in [0.4, 0.5) is 0 Å². The van der Waals surface area contributed by atoms with Crippen molar-refractivity contribution >= 4 is 0 Å². The first-order valence-electron chi connectivity index (χ1n) is 11.0. The summed E-state index contributed by atoms with van der Waals surface area (Å²) in [5.41, 5.74) is 1.45. The normalized spacial score (nSPS) is 47.6. The van der Waals surface area contributed by atoms with Crippen LogP contribution in [0.3, 0.4) is 0 Å². The fourth-order valence-corrected chi connectivity index (χ4v) is 7.78. The Morgan fingerprint density at radius 3 is 2.61 bits per heavy atom. The van der Waals surface area contributed by atoms with Crippen molar-refractivity contribution in [3.05, 3.63) is 46.0 Å². The van der Waals surface area contributed by atoms with E-state index in [0.717, 1.165) is 56.9 Å². The van der Waals surface area contributed by atoms with Crippen molar-refractivity contribution in [2.24, 2.45) is 22.7 Å². The molecule has 3 fully saturated rings. The SMILES string of the molecule is C[C@]12CC[C@@H](O)C=C1CC[C@@H]1[C@@H]2CC[C@]2(C)[C@@H](c3ccc(=O)oc3)CC[C@]12O. The van der Waals surface area contributed by atoms with Gasteiger partial charge in [0.05, 0.1) is 18.0 Å². The molecule has 3 saturated carbocycles. The van der Waals surface area contributed by atoms with Crippen LogP contribution >= 0.6 is 0 Å². The molecule has 0 spiro atoms. The maximum absolute atomic E-state index is 12.1. The molecule has 0 radical (unpaired) electrons. The van der Waals surface area contributed by atoms with Gasteiger partial charge in [0.25, 0.3) is 0 Å². The van der Waals surface area contributed by atoms with Crippen molar-refractivity contribution in [1.82, 2.24) is 0 Å². The van der Waals surface area contributed by atoms with Crippen LogP contribution in [0.1, 0.15) is 76.7 Å². The highest BCUT2D eigenvalue weighted by Gasteiger charge is 2.66. The van der Waals surface area contributed by atoms with Gasteiger partial charge in [0.1, 0.15) is 0 Å². The molecule has 0 unspecified atom stereocenters. The van der Waals surface area contributed by atoms with Crippen LogP contribution in [0.15, 0.2) is 39.3 Å². The Bertz CT molecular complexity index is 851. The van der Waals surface area contributed by atoms with Gasteiger partial charge < -0.3 is 14.6 Å². The standard InChI is InChI=1S/C24H32O4/c1-22-10-7-17(25)13-16(22)4-5-20-19(22)8-11-23(2)18(9-12-24(20,23)27)15-3-6-21(26)28-14-15/h3,6,13-14,17-20,25,27H,4-5,7-12H2,1-2H3/t17-,18-,19+,20-,22+,23-,24+/m1/s1. The molecule has 7 atom stereocenters. The van der Waals surface area contributed by atoms with Crippen molar-refractivity contribution < 1.29 is 14.6 Å². The third-order valence-corrected chi connectivity index (χ3v) is 9.40. The van der Waals surface area contributed by atoms with Gasteiger partial charge in [-0.2, -0.15) is 0 Å². The van der Waals surface area contributed by atoms with Crippen LogP contribution in [-0.4, -0.2) is 21.9 Å². The van der Waals surface area contributed by atoms with Gasteiger partial charge in [-0.3, -0.25) is 0 Å². The molecule has 1 aromatic rings. The molecule has 0 aliphatic heterocycles. The molecule has 0 bridgehead atoms. The first-order valence-corrected chi connectivity index (χ1v) is 11.0. The van der Waals surface area contributed by atoms with Crippen LogP contribution in [0.2, 0.25) is 0 Å². The summed E-state index contributed by atoms with van der Waals surface area (Å²) >= 11 is 0. The summed E-state index contributed by atoms with van der Waals surface area (Å²) in [4.78, 5) is 11.4. The lowest BCUT2D eigenvalue weighted by Crippen LogP contribution is -2.60. The Kier molecular flexibility index (Phi) is 4.03. The zero-order valence-electron chi connectivity index (χ0n) is 17.0. The molecule has 1 heterocycles. The molecule has 28 heavy (non-hydrogen) atoms. The number of hydrogen-bond acceptors (Lipinski definition) is 4. The van der Waals surface area contributed by atoms with E-state index < -0.39 is 5.60 Å². The number of aliphatic hydroxyl groups is 2. The van der Waals surface area contributed by atoms with Gasteiger partial charge in [0, 0.05) is 11.5 Å². The molecule has 4 aliphatic rings. The van der Waals surface area contributed by atoms with Crippen LogP contribution in [-0.2, 0) is 0 Å². The van der Waals surface area contributed by atoms with Gasteiger partial charge in [-0.1, -0.05) is 25.5 Å². The molecule has 4 aliphatic carbocycles. The van der Waals surface area contributed by atoms with E-state index in [-0.39, 0.29) is 28.5 Å². The fourth-order valence-electron chi connectivity index (χ4n) is 7.78. The lowest BCUT2D eigenvalue weighted by Gasteiger charge is -2.61. The Hall–Kier alpha value is -1.39. The van der Waals surface area contributed by atoms with Crippen LogP contribution in [0.5, 0.6) is 0 Å².